The molecular weight excluding hydrogens is 238 g/mol. The highest BCUT2D eigenvalue weighted by Crippen LogP contribution is 2.37. The van der Waals surface area contributed by atoms with E-state index < -0.39 is 0 Å². The van der Waals surface area contributed by atoms with E-state index in [-0.39, 0.29) is 0 Å². The number of aromatic nitrogens is 3. The van der Waals surface area contributed by atoms with Crippen molar-refractivity contribution in [3.63, 3.8) is 0 Å². The van der Waals surface area contributed by atoms with Gasteiger partial charge in [-0.3, -0.25) is 4.90 Å². The van der Waals surface area contributed by atoms with E-state index >= 15 is 0 Å². The molecule has 3 atom stereocenters. The fourth-order valence-electron chi connectivity index (χ4n) is 3.64. The van der Waals surface area contributed by atoms with Crippen LogP contribution in [0.15, 0.2) is 6.33 Å². The average Bonchev–Trinajstić information content (AvgIpc) is 3.00. The molecule has 19 heavy (non-hydrogen) atoms. The van der Waals surface area contributed by atoms with Gasteiger partial charge in [0.05, 0.1) is 6.54 Å². The van der Waals surface area contributed by atoms with Crippen molar-refractivity contribution in [2.24, 2.45) is 23.5 Å². The first-order valence-corrected chi connectivity index (χ1v) is 7.48. The molecule has 5 heteroatoms. The van der Waals surface area contributed by atoms with Crippen molar-refractivity contribution in [1.82, 2.24) is 19.7 Å². The van der Waals surface area contributed by atoms with Gasteiger partial charge in [-0.2, -0.15) is 5.10 Å². The van der Waals surface area contributed by atoms with Gasteiger partial charge in [-0.15, -0.1) is 0 Å². The minimum Gasteiger partial charge on any atom is -0.327 e. The van der Waals surface area contributed by atoms with Crippen LogP contribution in [0.5, 0.6) is 0 Å². The van der Waals surface area contributed by atoms with Crippen LogP contribution >= 0.6 is 0 Å². The molecule has 2 heterocycles. The normalized spacial score (nSPS) is 31.3. The van der Waals surface area contributed by atoms with Gasteiger partial charge < -0.3 is 5.73 Å². The predicted octanol–water partition coefficient (Wildman–Crippen LogP) is 1.10. The lowest BCUT2D eigenvalue weighted by atomic mass is 9.98. The zero-order valence-corrected chi connectivity index (χ0v) is 12.0. The van der Waals surface area contributed by atoms with Crippen LogP contribution in [0.3, 0.4) is 0 Å². The molecule has 1 aromatic heterocycles. The number of hydrogen-bond acceptors (Lipinski definition) is 4. The molecule has 1 aliphatic carbocycles. The van der Waals surface area contributed by atoms with Crippen LogP contribution in [-0.2, 0) is 13.1 Å². The molecule has 5 nitrogen and oxygen atoms in total. The molecule has 2 N–H and O–H groups in total. The number of fused-ring (bicyclic) bond motifs is 1. The van der Waals surface area contributed by atoms with Crippen molar-refractivity contribution in [3.8, 4) is 0 Å². The maximum Gasteiger partial charge on any atom is 0.141 e. The minimum absolute atomic E-state index is 0.420. The molecule has 0 radical (unpaired) electrons. The standard InChI is InChI=1S/C14H25N5/c1-10(2)5-19-14(16-9-17-19)8-18-6-11-3-4-13(15)12(11)7-18/h9-13H,3-8,15H2,1-2H3. The Morgan fingerprint density at radius 3 is 2.95 bits per heavy atom. The third-order valence-electron chi connectivity index (χ3n) is 4.59. The summed E-state index contributed by atoms with van der Waals surface area (Å²) in [6.45, 7) is 8.63. The molecule has 2 fully saturated rings. The maximum absolute atomic E-state index is 6.19. The summed E-state index contributed by atoms with van der Waals surface area (Å²) in [6.07, 6.45) is 4.20. The van der Waals surface area contributed by atoms with E-state index in [1.165, 1.54) is 19.4 Å². The number of hydrogen-bond donors (Lipinski definition) is 1. The topological polar surface area (TPSA) is 60.0 Å². The Labute approximate surface area is 115 Å². The summed E-state index contributed by atoms with van der Waals surface area (Å²) in [6, 6.07) is 0.420. The van der Waals surface area contributed by atoms with Crippen molar-refractivity contribution in [2.75, 3.05) is 13.1 Å². The lowest BCUT2D eigenvalue weighted by Crippen LogP contribution is -2.30. The molecule has 106 valence electrons. The summed E-state index contributed by atoms with van der Waals surface area (Å²) in [7, 11) is 0. The fourth-order valence-corrected chi connectivity index (χ4v) is 3.64. The van der Waals surface area contributed by atoms with E-state index in [0.29, 0.717) is 17.9 Å². The second-order valence-electron chi connectivity index (χ2n) is 6.61. The molecule has 1 saturated carbocycles. The van der Waals surface area contributed by atoms with Crippen LogP contribution in [0.2, 0.25) is 0 Å². The summed E-state index contributed by atoms with van der Waals surface area (Å²) >= 11 is 0. The predicted molar refractivity (Wildman–Crippen MR) is 74.3 cm³/mol. The van der Waals surface area contributed by atoms with E-state index in [1.54, 1.807) is 6.33 Å². The molecule has 0 amide bonds. The summed E-state index contributed by atoms with van der Waals surface area (Å²) < 4.78 is 2.05. The molecule has 0 spiro atoms. The van der Waals surface area contributed by atoms with E-state index in [0.717, 1.165) is 31.4 Å². The molecule has 1 aromatic rings. The molecule has 2 aliphatic rings. The Kier molecular flexibility index (Phi) is 3.58. The van der Waals surface area contributed by atoms with Gasteiger partial charge in [0.25, 0.3) is 0 Å². The summed E-state index contributed by atoms with van der Waals surface area (Å²) in [5.74, 6) is 3.23. The number of nitrogens with two attached hydrogens (primary N) is 1. The van der Waals surface area contributed by atoms with Crippen molar-refractivity contribution in [3.05, 3.63) is 12.2 Å². The van der Waals surface area contributed by atoms with Crippen molar-refractivity contribution in [2.45, 2.75) is 45.8 Å². The monoisotopic (exact) mass is 263 g/mol. The molecule has 1 saturated heterocycles. The van der Waals surface area contributed by atoms with Gasteiger partial charge >= 0.3 is 0 Å². The first-order chi connectivity index (χ1) is 9.13. The number of rotatable bonds is 4. The molecule has 1 aliphatic heterocycles. The van der Waals surface area contributed by atoms with E-state index in [4.69, 9.17) is 5.73 Å². The lowest BCUT2D eigenvalue weighted by Gasteiger charge is -2.18. The molecule has 0 bridgehead atoms. The number of likely N-dealkylation sites (tertiary alicyclic amines) is 1. The number of nitrogens with zero attached hydrogens (tertiary/aromatic N) is 4. The zero-order chi connectivity index (χ0) is 13.4. The fraction of sp³-hybridized carbons (Fsp3) is 0.857. The van der Waals surface area contributed by atoms with Crippen molar-refractivity contribution < 1.29 is 0 Å². The van der Waals surface area contributed by atoms with Crippen LogP contribution in [0.25, 0.3) is 0 Å². The van der Waals surface area contributed by atoms with Crippen LogP contribution in [0.1, 0.15) is 32.5 Å². The van der Waals surface area contributed by atoms with Gasteiger partial charge in [-0.05, 0) is 30.6 Å². The summed E-state index contributed by atoms with van der Waals surface area (Å²) in [5.41, 5.74) is 6.19. The van der Waals surface area contributed by atoms with Gasteiger partial charge in [0.1, 0.15) is 12.2 Å². The second kappa shape index (κ2) is 5.21. The largest absolute Gasteiger partial charge is 0.327 e. The first kappa shape index (κ1) is 13.1. The molecule has 3 rings (SSSR count). The summed E-state index contributed by atoms with van der Waals surface area (Å²) in [5, 5.41) is 4.34. The zero-order valence-electron chi connectivity index (χ0n) is 12.0. The van der Waals surface area contributed by atoms with Crippen LogP contribution in [0, 0.1) is 17.8 Å². The Bertz CT molecular complexity index is 427. The van der Waals surface area contributed by atoms with Gasteiger partial charge in [0, 0.05) is 25.7 Å². The quantitative estimate of drug-likeness (QED) is 0.884. The third-order valence-corrected chi connectivity index (χ3v) is 4.59. The van der Waals surface area contributed by atoms with Crippen LogP contribution in [-0.4, -0.2) is 38.8 Å². The maximum atomic E-state index is 6.19. The SMILES string of the molecule is CC(C)Cn1ncnc1CN1CC2CCC(N)C2C1. The highest BCUT2D eigenvalue weighted by atomic mass is 15.4. The van der Waals surface area contributed by atoms with Crippen molar-refractivity contribution >= 4 is 0 Å². The van der Waals surface area contributed by atoms with Crippen molar-refractivity contribution in [1.29, 1.82) is 0 Å². The second-order valence-corrected chi connectivity index (χ2v) is 6.61. The third kappa shape index (κ3) is 2.67. The van der Waals surface area contributed by atoms with Gasteiger partial charge in [0.2, 0.25) is 0 Å². The van der Waals surface area contributed by atoms with Gasteiger partial charge in [0.15, 0.2) is 0 Å². The van der Waals surface area contributed by atoms with Crippen LogP contribution < -0.4 is 5.73 Å². The molecular formula is C14H25N5. The Hall–Kier alpha value is -0.940. The highest BCUT2D eigenvalue weighted by molar-refractivity contribution is 4.97. The minimum atomic E-state index is 0.420. The Morgan fingerprint density at radius 1 is 1.37 bits per heavy atom. The first-order valence-electron chi connectivity index (χ1n) is 7.48. The summed E-state index contributed by atoms with van der Waals surface area (Å²) in [4.78, 5) is 6.93. The van der Waals surface area contributed by atoms with E-state index in [9.17, 15) is 0 Å². The molecule has 3 unspecified atom stereocenters. The Balaban J connectivity index is 1.62. The highest BCUT2D eigenvalue weighted by Gasteiger charge is 2.40. The van der Waals surface area contributed by atoms with Gasteiger partial charge in [-0.1, -0.05) is 13.8 Å². The van der Waals surface area contributed by atoms with E-state index in [2.05, 4.69) is 33.5 Å². The average molecular weight is 263 g/mol. The van der Waals surface area contributed by atoms with Gasteiger partial charge in [-0.25, -0.2) is 9.67 Å². The lowest BCUT2D eigenvalue weighted by molar-refractivity contribution is 0.281. The smallest absolute Gasteiger partial charge is 0.141 e. The van der Waals surface area contributed by atoms with E-state index in [1.807, 2.05) is 0 Å². The Morgan fingerprint density at radius 2 is 2.21 bits per heavy atom. The molecule has 0 aromatic carbocycles. The van der Waals surface area contributed by atoms with Crippen LogP contribution in [0.4, 0.5) is 0 Å².